The van der Waals surface area contributed by atoms with Crippen LogP contribution >= 0.6 is 0 Å². The lowest BCUT2D eigenvalue weighted by Gasteiger charge is -2.27. The highest BCUT2D eigenvalue weighted by molar-refractivity contribution is 6.17. The van der Waals surface area contributed by atoms with Crippen molar-refractivity contribution in [2.75, 3.05) is 4.90 Å². The highest BCUT2D eigenvalue weighted by atomic mass is 16.3. The maximum atomic E-state index is 6.36. The summed E-state index contributed by atoms with van der Waals surface area (Å²) in [4.78, 5) is 7.16. The Morgan fingerprint density at radius 2 is 1.24 bits per heavy atom. The van der Waals surface area contributed by atoms with E-state index in [-0.39, 0.29) is 0 Å². The predicted molar refractivity (Wildman–Crippen MR) is 186 cm³/mol. The van der Waals surface area contributed by atoms with Crippen LogP contribution in [-0.2, 0) is 0 Å². The fraction of sp³-hybridized carbons (Fsp3) is 0. The number of oxazole rings is 1. The first-order valence-electron chi connectivity index (χ1n) is 15.1. The van der Waals surface area contributed by atoms with Crippen LogP contribution in [0.15, 0.2) is 168 Å². The second kappa shape index (κ2) is 10.2. The summed E-state index contributed by atoms with van der Waals surface area (Å²) in [5.74, 6) is 0.634. The van der Waals surface area contributed by atoms with E-state index in [4.69, 9.17) is 9.40 Å². The minimum absolute atomic E-state index is 0.634. The molecule has 2 heterocycles. The molecule has 9 aromatic rings. The molecule has 4 nitrogen and oxygen atoms in total. The molecule has 0 spiro atoms. The van der Waals surface area contributed by atoms with Gasteiger partial charge in [0, 0.05) is 38.8 Å². The van der Waals surface area contributed by atoms with Crippen molar-refractivity contribution in [3.05, 3.63) is 164 Å². The lowest BCUT2D eigenvalue weighted by atomic mass is 10.1. The van der Waals surface area contributed by atoms with E-state index in [1.807, 2.05) is 30.3 Å². The average molecular weight is 578 g/mol. The van der Waals surface area contributed by atoms with Crippen molar-refractivity contribution in [2.45, 2.75) is 0 Å². The molecule has 212 valence electrons. The Bertz CT molecular complexity index is 2480. The van der Waals surface area contributed by atoms with E-state index in [9.17, 15) is 0 Å². The molecule has 7 aromatic carbocycles. The number of aromatic nitrogens is 2. The van der Waals surface area contributed by atoms with Crippen molar-refractivity contribution in [1.29, 1.82) is 0 Å². The van der Waals surface area contributed by atoms with Crippen LogP contribution in [0.1, 0.15) is 0 Å². The van der Waals surface area contributed by atoms with Crippen molar-refractivity contribution in [2.24, 2.45) is 0 Å². The van der Waals surface area contributed by atoms with Crippen molar-refractivity contribution in [1.82, 2.24) is 9.55 Å². The molecule has 0 saturated carbocycles. The van der Waals surface area contributed by atoms with Gasteiger partial charge in [0.15, 0.2) is 5.58 Å². The topological polar surface area (TPSA) is 34.2 Å². The molecule has 0 bridgehead atoms. The van der Waals surface area contributed by atoms with Crippen LogP contribution in [0.4, 0.5) is 17.1 Å². The molecule has 0 radical (unpaired) electrons. The van der Waals surface area contributed by atoms with E-state index in [2.05, 4.69) is 143 Å². The Balaban J connectivity index is 1.28. The van der Waals surface area contributed by atoms with Crippen LogP contribution in [0.3, 0.4) is 0 Å². The van der Waals surface area contributed by atoms with E-state index in [0.717, 1.165) is 50.2 Å². The van der Waals surface area contributed by atoms with Gasteiger partial charge in [-0.15, -0.1) is 0 Å². The number of benzene rings is 7. The Kier molecular flexibility index (Phi) is 5.78. The largest absolute Gasteiger partial charge is 0.435 e. The summed E-state index contributed by atoms with van der Waals surface area (Å²) >= 11 is 0. The summed E-state index contributed by atoms with van der Waals surface area (Å²) in [5.41, 5.74) is 9.40. The maximum Gasteiger partial charge on any atom is 0.227 e. The lowest BCUT2D eigenvalue weighted by Crippen LogP contribution is -2.10. The van der Waals surface area contributed by atoms with Crippen molar-refractivity contribution in [3.63, 3.8) is 0 Å². The van der Waals surface area contributed by atoms with Gasteiger partial charge >= 0.3 is 0 Å². The van der Waals surface area contributed by atoms with Gasteiger partial charge in [0.05, 0.1) is 16.7 Å². The average Bonchev–Trinajstić information content (AvgIpc) is 3.70. The molecule has 0 fully saturated rings. The fourth-order valence-electron chi connectivity index (χ4n) is 6.59. The third-order valence-electron chi connectivity index (χ3n) is 8.58. The number of rotatable bonds is 5. The molecule has 0 amide bonds. The molecule has 0 saturated heterocycles. The zero-order valence-corrected chi connectivity index (χ0v) is 24.3. The van der Waals surface area contributed by atoms with E-state index >= 15 is 0 Å². The SMILES string of the molecule is c1ccc(-c2nc3ccc4cc(N(c5ccccc5)c5cccc6c5c5ccccc5n6-c5ccccc5)ccc4c3o2)cc1. The van der Waals surface area contributed by atoms with Crippen LogP contribution in [0.5, 0.6) is 0 Å². The first-order valence-corrected chi connectivity index (χ1v) is 15.1. The molecule has 0 unspecified atom stereocenters. The van der Waals surface area contributed by atoms with Crippen molar-refractivity contribution in [3.8, 4) is 17.1 Å². The minimum Gasteiger partial charge on any atom is -0.435 e. The maximum absolute atomic E-state index is 6.36. The molecule has 9 rings (SSSR count). The second-order valence-electron chi connectivity index (χ2n) is 11.2. The number of nitrogens with zero attached hydrogens (tertiary/aromatic N) is 3. The van der Waals surface area contributed by atoms with E-state index < -0.39 is 0 Å². The minimum atomic E-state index is 0.634. The molecule has 0 atom stereocenters. The van der Waals surface area contributed by atoms with Crippen LogP contribution < -0.4 is 4.90 Å². The zero-order valence-electron chi connectivity index (χ0n) is 24.3. The quantitative estimate of drug-likeness (QED) is 0.204. The molecule has 45 heavy (non-hydrogen) atoms. The van der Waals surface area contributed by atoms with Crippen LogP contribution in [0.2, 0.25) is 0 Å². The van der Waals surface area contributed by atoms with E-state index in [0.29, 0.717) is 5.89 Å². The Morgan fingerprint density at radius 1 is 0.533 bits per heavy atom. The summed E-state index contributed by atoms with van der Waals surface area (Å²) < 4.78 is 8.72. The van der Waals surface area contributed by atoms with Crippen molar-refractivity contribution >= 4 is 60.7 Å². The summed E-state index contributed by atoms with van der Waals surface area (Å²) in [5, 5.41) is 4.55. The van der Waals surface area contributed by atoms with Gasteiger partial charge in [-0.2, -0.15) is 0 Å². The molecule has 2 aromatic heterocycles. The number of fused-ring (bicyclic) bond motifs is 6. The Labute approximate surface area is 260 Å². The molecule has 0 aliphatic rings. The van der Waals surface area contributed by atoms with E-state index in [1.165, 1.54) is 21.8 Å². The summed E-state index contributed by atoms with van der Waals surface area (Å²) in [7, 11) is 0. The highest BCUT2D eigenvalue weighted by Crippen LogP contribution is 2.44. The van der Waals surface area contributed by atoms with Gasteiger partial charge in [0.25, 0.3) is 0 Å². The van der Waals surface area contributed by atoms with Crippen LogP contribution in [0, 0.1) is 0 Å². The monoisotopic (exact) mass is 577 g/mol. The summed E-state index contributed by atoms with van der Waals surface area (Å²) in [6.07, 6.45) is 0. The molecule has 4 heteroatoms. The smallest absolute Gasteiger partial charge is 0.227 e. The highest BCUT2D eigenvalue weighted by Gasteiger charge is 2.21. The molecular formula is C41H27N3O. The number of para-hydroxylation sites is 3. The Hall–Kier alpha value is -6.13. The normalized spacial score (nSPS) is 11.6. The van der Waals surface area contributed by atoms with Gasteiger partial charge in [0.2, 0.25) is 5.89 Å². The molecular weight excluding hydrogens is 550 g/mol. The lowest BCUT2D eigenvalue weighted by molar-refractivity contribution is 0.623. The van der Waals surface area contributed by atoms with Gasteiger partial charge in [-0.1, -0.05) is 84.9 Å². The zero-order chi connectivity index (χ0) is 29.7. The van der Waals surface area contributed by atoms with Crippen molar-refractivity contribution < 1.29 is 4.42 Å². The first kappa shape index (κ1) is 25.4. The van der Waals surface area contributed by atoms with E-state index in [1.54, 1.807) is 0 Å². The van der Waals surface area contributed by atoms with Crippen LogP contribution in [0.25, 0.3) is 60.8 Å². The fourth-order valence-corrected chi connectivity index (χ4v) is 6.59. The molecule has 0 N–H and O–H groups in total. The van der Waals surface area contributed by atoms with Gasteiger partial charge in [-0.05, 0) is 84.2 Å². The standard InChI is InChI=1S/C41H27N3O/c1-4-13-28(14-5-1)41-42-35-26-23-29-27-32(24-25-33(29)40(35)45-41)43(30-15-6-2-7-16-30)37-21-12-22-38-39(37)34-19-10-11-20-36(34)44(38)31-17-8-3-9-18-31/h1-27H. The van der Waals surface area contributed by atoms with Gasteiger partial charge in [-0.25, -0.2) is 4.98 Å². The Morgan fingerprint density at radius 3 is 2.07 bits per heavy atom. The number of hydrogen-bond donors (Lipinski definition) is 0. The van der Waals surface area contributed by atoms with Gasteiger partial charge < -0.3 is 13.9 Å². The summed E-state index contributed by atoms with van der Waals surface area (Å²) in [6, 6.07) is 57.4. The molecule has 0 aliphatic carbocycles. The van der Waals surface area contributed by atoms with Gasteiger partial charge in [0.1, 0.15) is 5.52 Å². The van der Waals surface area contributed by atoms with Gasteiger partial charge in [-0.3, -0.25) is 0 Å². The number of hydrogen-bond acceptors (Lipinski definition) is 3. The summed E-state index contributed by atoms with van der Waals surface area (Å²) in [6.45, 7) is 0. The predicted octanol–water partition coefficient (Wildman–Crippen LogP) is 11.2. The number of anilines is 3. The second-order valence-corrected chi connectivity index (χ2v) is 11.2. The third kappa shape index (κ3) is 4.11. The first-order chi connectivity index (χ1) is 22.3. The van der Waals surface area contributed by atoms with Crippen LogP contribution in [-0.4, -0.2) is 9.55 Å². The third-order valence-corrected chi connectivity index (χ3v) is 8.58. The molecule has 0 aliphatic heterocycles.